The maximum atomic E-state index is 13.6. The number of nitrogens with zero attached hydrogens (tertiary/aromatic N) is 1. The van der Waals surface area contributed by atoms with E-state index in [4.69, 9.17) is 14.2 Å². The average molecular weight is 462 g/mol. The summed E-state index contributed by atoms with van der Waals surface area (Å²) in [6.07, 6.45) is 0.428. The molecule has 0 saturated heterocycles. The number of hydrogen-bond donors (Lipinski definition) is 0. The summed E-state index contributed by atoms with van der Waals surface area (Å²) in [6, 6.07) is 9.76. The van der Waals surface area contributed by atoms with Gasteiger partial charge < -0.3 is 14.2 Å². The van der Waals surface area contributed by atoms with Crippen molar-refractivity contribution in [1.29, 1.82) is 0 Å². The number of carbonyl (C=O) groups is 1. The molecular weight excluding hydrogens is 430 g/mol. The minimum Gasteiger partial charge on any atom is -0.490 e. The van der Waals surface area contributed by atoms with Crippen molar-refractivity contribution >= 4 is 16.0 Å². The number of rotatable bonds is 9. The number of benzene rings is 2. The van der Waals surface area contributed by atoms with Crippen LogP contribution in [0.25, 0.3) is 0 Å². The van der Waals surface area contributed by atoms with Gasteiger partial charge in [0.05, 0.1) is 37.2 Å². The monoisotopic (exact) mass is 461 g/mol. The van der Waals surface area contributed by atoms with Gasteiger partial charge in [-0.1, -0.05) is 17.7 Å². The molecule has 0 aliphatic carbocycles. The van der Waals surface area contributed by atoms with Gasteiger partial charge in [0.2, 0.25) is 10.0 Å². The molecule has 0 aromatic heterocycles. The van der Waals surface area contributed by atoms with Crippen LogP contribution < -0.4 is 9.47 Å². The van der Waals surface area contributed by atoms with Crippen LogP contribution in [0.2, 0.25) is 0 Å². The van der Waals surface area contributed by atoms with E-state index in [0.29, 0.717) is 31.1 Å². The number of ether oxygens (including phenoxy) is 3. The fraction of sp³-hybridized carbons (Fsp3) is 0.458. The van der Waals surface area contributed by atoms with Crippen LogP contribution in [-0.2, 0) is 26.0 Å². The van der Waals surface area contributed by atoms with E-state index in [1.165, 1.54) is 4.31 Å². The Labute approximate surface area is 190 Å². The number of esters is 1. The van der Waals surface area contributed by atoms with Gasteiger partial charge in [0.1, 0.15) is 0 Å². The second-order valence-electron chi connectivity index (χ2n) is 7.57. The van der Waals surface area contributed by atoms with Crippen LogP contribution in [0.1, 0.15) is 49.9 Å². The highest BCUT2D eigenvalue weighted by atomic mass is 32.2. The highest BCUT2D eigenvalue weighted by Crippen LogP contribution is 2.42. The van der Waals surface area contributed by atoms with E-state index in [2.05, 4.69) is 0 Å². The first-order valence-electron chi connectivity index (χ1n) is 11.0. The molecule has 0 N–H and O–H groups in total. The molecule has 0 bridgehead atoms. The minimum atomic E-state index is -3.82. The molecule has 0 spiro atoms. The molecule has 2 aromatic carbocycles. The Morgan fingerprint density at radius 1 is 1.00 bits per heavy atom. The standard InChI is InChI=1S/C24H31NO6S/c1-5-29-22-14-18-12-13-25(32(27,28)19-10-8-17(4)9-11-19)21(16-24(26)31-7-3)20(18)15-23(22)30-6-2/h8-11,14-15,21H,5-7,12-13,16H2,1-4H3. The molecule has 8 heteroatoms. The molecule has 3 rings (SSSR count). The summed E-state index contributed by atoms with van der Waals surface area (Å²) in [6.45, 7) is 8.82. The zero-order chi connectivity index (χ0) is 23.3. The predicted molar refractivity (Wildman–Crippen MR) is 122 cm³/mol. The van der Waals surface area contributed by atoms with E-state index in [1.54, 1.807) is 31.2 Å². The van der Waals surface area contributed by atoms with Gasteiger partial charge in [0.25, 0.3) is 0 Å². The van der Waals surface area contributed by atoms with Gasteiger partial charge in [-0.25, -0.2) is 8.42 Å². The molecule has 0 amide bonds. The molecule has 174 valence electrons. The molecule has 0 saturated carbocycles. The summed E-state index contributed by atoms with van der Waals surface area (Å²) < 4.78 is 45.2. The molecule has 1 aliphatic heterocycles. The summed E-state index contributed by atoms with van der Waals surface area (Å²) >= 11 is 0. The summed E-state index contributed by atoms with van der Waals surface area (Å²) in [4.78, 5) is 12.7. The van der Waals surface area contributed by atoms with Gasteiger partial charge in [0, 0.05) is 6.54 Å². The third-order valence-electron chi connectivity index (χ3n) is 5.41. The highest BCUT2D eigenvalue weighted by Gasteiger charge is 2.38. The molecule has 0 fully saturated rings. The Balaban J connectivity index is 2.09. The highest BCUT2D eigenvalue weighted by molar-refractivity contribution is 7.89. The zero-order valence-electron chi connectivity index (χ0n) is 19.1. The fourth-order valence-electron chi connectivity index (χ4n) is 3.95. The van der Waals surface area contributed by atoms with Crippen molar-refractivity contribution in [3.63, 3.8) is 0 Å². The zero-order valence-corrected chi connectivity index (χ0v) is 19.9. The Hall–Kier alpha value is -2.58. The first-order chi connectivity index (χ1) is 15.3. The molecule has 32 heavy (non-hydrogen) atoms. The van der Waals surface area contributed by atoms with Crippen LogP contribution in [0.5, 0.6) is 11.5 Å². The molecular formula is C24H31NO6S. The Kier molecular flexibility index (Phi) is 7.79. The van der Waals surface area contributed by atoms with E-state index < -0.39 is 22.0 Å². The summed E-state index contributed by atoms with van der Waals surface area (Å²) in [5, 5.41) is 0. The maximum absolute atomic E-state index is 13.6. The van der Waals surface area contributed by atoms with Gasteiger partial charge >= 0.3 is 5.97 Å². The van der Waals surface area contributed by atoms with Gasteiger partial charge in [-0.2, -0.15) is 4.31 Å². The predicted octanol–water partition coefficient (Wildman–Crippen LogP) is 4.03. The second kappa shape index (κ2) is 10.4. The van der Waals surface area contributed by atoms with Crippen LogP contribution in [0.3, 0.4) is 0 Å². The van der Waals surface area contributed by atoms with Gasteiger partial charge in [0.15, 0.2) is 11.5 Å². The third-order valence-corrected chi connectivity index (χ3v) is 7.33. The van der Waals surface area contributed by atoms with Crippen LogP contribution >= 0.6 is 0 Å². The third kappa shape index (κ3) is 5.07. The van der Waals surface area contributed by atoms with E-state index in [9.17, 15) is 13.2 Å². The minimum absolute atomic E-state index is 0.0779. The number of sulfonamides is 1. The summed E-state index contributed by atoms with van der Waals surface area (Å²) in [7, 11) is -3.82. The Bertz CT molecular complexity index is 1050. The first kappa shape index (κ1) is 24.1. The molecule has 1 heterocycles. The number of fused-ring (bicyclic) bond motifs is 1. The van der Waals surface area contributed by atoms with E-state index >= 15 is 0 Å². The first-order valence-corrected chi connectivity index (χ1v) is 12.4. The van der Waals surface area contributed by atoms with Crippen molar-refractivity contribution in [2.45, 2.75) is 51.5 Å². The molecule has 1 atom stereocenters. The molecule has 7 nitrogen and oxygen atoms in total. The van der Waals surface area contributed by atoms with Gasteiger partial charge in [-0.05, 0) is 69.5 Å². The fourth-order valence-corrected chi connectivity index (χ4v) is 5.55. The maximum Gasteiger partial charge on any atom is 0.307 e. The quantitative estimate of drug-likeness (QED) is 0.525. The number of carbonyl (C=O) groups excluding carboxylic acids is 1. The Morgan fingerprint density at radius 3 is 2.22 bits per heavy atom. The summed E-state index contributed by atoms with van der Waals surface area (Å²) in [5.41, 5.74) is 2.66. The summed E-state index contributed by atoms with van der Waals surface area (Å²) in [5.74, 6) is 0.718. The van der Waals surface area contributed by atoms with Crippen molar-refractivity contribution in [3.8, 4) is 11.5 Å². The number of aryl methyl sites for hydroxylation is 1. The van der Waals surface area contributed by atoms with E-state index in [1.807, 2.05) is 32.9 Å². The van der Waals surface area contributed by atoms with Gasteiger partial charge in [-0.3, -0.25) is 4.79 Å². The van der Waals surface area contributed by atoms with Crippen molar-refractivity contribution in [2.24, 2.45) is 0 Å². The van der Waals surface area contributed by atoms with E-state index in [0.717, 1.165) is 16.7 Å². The lowest BCUT2D eigenvalue weighted by Crippen LogP contribution is -2.41. The van der Waals surface area contributed by atoms with Crippen molar-refractivity contribution in [2.75, 3.05) is 26.4 Å². The van der Waals surface area contributed by atoms with Gasteiger partial charge in [-0.15, -0.1) is 0 Å². The van der Waals surface area contributed by atoms with E-state index in [-0.39, 0.29) is 24.5 Å². The molecule has 2 aromatic rings. The molecule has 0 radical (unpaired) electrons. The van der Waals surface area contributed by atoms with Crippen LogP contribution in [-0.4, -0.2) is 45.1 Å². The smallest absolute Gasteiger partial charge is 0.307 e. The topological polar surface area (TPSA) is 82.1 Å². The molecule has 1 aliphatic rings. The van der Waals surface area contributed by atoms with Crippen LogP contribution in [0.15, 0.2) is 41.3 Å². The SMILES string of the molecule is CCOC(=O)CC1c2cc(OCC)c(OCC)cc2CCN1S(=O)(=O)c1ccc(C)cc1. The van der Waals surface area contributed by atoms with Crippen molar-refractivity contribution in [1.82, 2.24) is 4.31 Å². The van der Waals surface area contributed by atoms with Crippen LogP contribution in [0, 0.1) is 6.92 Å². The second-order valence-corrected chi connectivity index (χ2v) is 9.46. The van der Waals surface area contributed by atoms with Crippen LogP contribution in [0.4, 0.5) is 0 Å². The molecule has 1 unspecified atom stereocenters. The largest absolute Gasteiger partial charge is 0.490 e. The Morgan fingerprint density at radius 2 is 1.62 bits per heavy atom. The lowest BCUT2D eigenvalue weighted by Gasteiger charge is -2.36. The van der Waals surface area contributed by atoms with Crippen molar-refractivity contribution < 1.29 is 27.4 Å². The normalized spacial score (nSPS) is 16.3. The average Bonchev–Trinajstić information content (AvgIpc) is 2.75. The number of hydrogen-bond acceptors (Lipinski definition) is 6. The lowest BCUT2D eigenvalue weighted by molar-refractivity contribution is -0.144. The van der Waals surface area contributed by atoms with Crippen molar-refractivity contribution in [3.05, 3.63) is 53.1 Å². The lowest BCUT2D eigenvalue weighted by atomic mass is 9.91.